The third-order valence-corrected chi connectivity index (χ3v) is 4.22. The SMILES string of the molecule is COCCCN1CCCN(C(=O)Nc2cccc(C(C)=O)c2)CC1. The zero-order valence-electron chi connectivity index (χ0n) is 14.6. The summed E-state index contributed by atoms with van der Waals surface area (Å²) in [6.07, 6.45) is 1.98. The van der Waals surface area contributed by atoms with Crippen molar-refractivity contribution in [3.8, 4) is 0 Å². The zero-order chi connectivity index (χ0) is 17.4. The molecular formula is C18H27N3O3. The number of nitrogens with zero attached hydrogens (tertiary/aromatic N) is 2. The van der Waals surface area contributed by atoms with Crippen LogP contribution >= 0.6 is 0 Å². The van der Waals surface area contributed by atoms with Gasteiger partial charge in [0, 0.05) is 51.1 Å². The van der Waals surface area contributed by atoms with E-state index >= 15 is 0 Å². The number of nitrogens with one attached hydrogen (secondary N) is 1. The van der Waals surface area contributed by atoms with Gasteiger partial charge in [-0.15, -0.1) is 0 Å². The molecular weight excluding hydrogens is 306 g/mol. The lowest BCUT2D eigenvalue weighted by molar-refractivity contribution is 0.101. The molecule has 0 aliphatic carbocycles. The van der Waals surface area contributed by atoms with E-state index in [2.05, 4.69) is 10.2 Å². The first-order chi connectivity index (χ1) is 11.6. The molecule has 6 nitrogen and oxygen atoms in total. The van der Waals surface area contributed by atoms with Gasteiger partial charge in [-0.05, 0) is 38.4 Å². The average molecular weight is 333 g/mol. The number of hydrogen-bond acceptors (Lipinski definition) is 4. The number of anilines is 1. The number of carbonyl (C=O) groups is 2. The number of benzene rings is 1. The molecule has 1 heterocycles. The van der Waals surface area contributed by atoms with Crippen molar-refractivity contribution >= 4 is 17.5 Å². The molecule has 0 radical (unpaired) electrons. The summed E-state index contributed by atoms with van der Waals surface area (Å²) in [4.78, 5) is 28.1. The summed E-state index contributed by atoms with van der Waals surface area (Å²) in [5.41, 5.74) is 1.27. The van der Waals surface area contributed by atoms with E-state index in [-0.39, 0.29) is 11.8 Å². The molecule has 1 aliphatic rings. The van der Waals surface area contributed by atoms with Crippen LogP contribution in [0, 0.1) is 0 Å². The zero-order valence-corrected chi connectivity index (χ0v) is 14.6. The fourth-order valence-electron chi connectivity index (χ4n) is 2.85. The number of Topliss-reactive ketones (excluding diaryl/α,β-unsaturated/α-hetero) is 1. The highest BCUT2D eigenvalue weighted by Gasteiger charge is 2.19. The van der Waals surface area contributed by atoms with Crippen LogP contribution in [-0.4, -0.2) is 68.1 Å². The summed E-state index contributed by atoms with van der Waals surface area (Å²) >= 11 is 0. The standard InChI is InChI=1S/C18H27N3O3/c1-15(22)16-6-3-7-17(14-16)19-18(23)21-10-4-8-20(11-12-21)9-5-13-24-2/h3,6-7,14H,4-5,8-13H2,1-2H3,(H,19,23). The number of urea groups is 1. The largest absolute Gasteiger partial charge is 0.385 e. The fraction of sp³-hybridized carbons (Fsp3) is 0.556. The maximum Gasteiger partial charge on any atom is 0.321 e. The molecule has 0 saturated carbocycles. The summed E-state index contributed by atoms with van der Waals surface area (Å²) in [6, 6.07) is 6.96. The Labute approximate surface area is 143 Å². The quantitative estimate of drug-likeness (QED) is 0.642. The fourth-order valence-corrected chi connectivity index (χ4v) is 2.85. The van der Waals surface area contributed by atoms with Gasteiger partial charge in [0.25, 0.3) is 0 Å². The average Bonchev–Trinajstić information content (AvgIpc) is 2.81. The number of ketones is 1. The molecule has 1 aliphatic heterocycles. The van der Waals surface area contributed by atoms with Crippen molar-refractivity contribution in [3.63, 3.8) is 0 Å². The van der Waals surface area contributed by atoms with Crippen molar-refractivity contribution in [1.82, 2.24) is 9.80 Å². The van der Waals surface area contributed by atoms with E-state index in [0.717, 1.165) is 45.6 Å². The molecule has 0 unspecified atom stereocenters. The molecule has 0 spiro atoms. The molecule has 2 amide bonds. The van der Waals surface area contributed by atoms with E-state index in [0.29, 0.717) is 17.8 Å². The lowest BCUT2D eigenvalue weighted by atomic mass is 10.1. The van der Waals surface area contributed by atoms with Crippen LogP contribution in [0.4, 0.5) is 10.5 Å². The van der Waals surface area contributed by atoms with E-state index in [1.165, 1.54) is 6.92 Å². The Morgan fingerprint density at radius 2 is 2.04 bits per heavy atom. The Hall–Kier alpha value is -1.92. The van der Waals surface area contributed by atoms with Gasteiger partial charge in [-0.2, -0.15) is 0 Å². The minimum absolute atomic E-state index is 0.00688. The monoisotopic (exact) mass is 333 g/mol. The van der Waals surface area contributed by atoms with Crippen molar-refractivity contribution in [1.29, 1.82) is 0 Å². The minimum atomic E-state index is -0.102. The number of hydrogen-bond donors (Lipinski definition) is 1. The Bertz CT molecular complexity index is 562. The second-order valence-corrected chi connectivity index (χ2v) is 6.10. The summed E-state index contributed by atoms with van der Waals surface area (Å²) in [6.45, 7) is 6.65. The van der Waals surface area contributed by atoms with Gasteiger partial charge in [-0.1, -0.05) is 12.1 Å². The van der Waals surface area contributed by atoms with E-state index in [4.69, 9.17) is 4.74 Å². The van der Waals surface area contributed by atoms with Crippen molar-refractivity contribution in [3.05, 3.63) is 29.8 Å². The van der Waals surface area contributed by atoms with Gasteiger partial charge in [-0.3, -0.25) is 4.79 Å². The second-order valence-electron chi connectivity index (χ2n) is 6.10. The lowest BCUT2D eigenvalue weighted by Crippen LogP contribution is -2.38. The highest BCUT2D eigenvalue weighted by Crippen LogP contribution is 2.13. The highest BCUT2D eigenvalue weighted by molar-refractivity contribution is 5.96. The van der Waals surface area contributed by atoms with E-state index in [9.17, 15) is 9.59 Å². The van der Waals surface area contributed by atoms with E-state index in [1.807, 2.05) is 4.90 Å². The first-order valence-corrected chi connectivity index (χ1v) is 8.48. The number of carbonyl (C=O) groups excluding carboxylic acids is 2. The molecule has 1 saturated heterocycles. The van der Waals surface area contributed by atoms with E-state index < -0.39 is 0 Å². The molecule has 0 aromatic heterocycles. The van der Waals surface area contributed by atoms with Crippen molar-refractivity contribution in [2.75, 3.05) is 51.8 Å². The summed E-state index contributed by atoms with van der Waals surface area (Å²) in [7, 11) is 1.72. The van der Waals surface area contributed by atoms with Crippen molar-refractivity contribution in [2.24, 2.45) is 0 Å². The first kappa shape index (κ1) is 18.4. The van der Waals surface area contributed by atoms with Crippen LogP contribution in [-0.2, 0) is 4.74 Å². The van der Waals surface area contributed by atoms with Crippen LogP contribution in [0.15, 0.2) is 24.3 Å². The van der Waals surface area contributed by atoms with Gasteiger partial charge in [0.2, 0.25) is 0 Å². The maximum absolute atomic E-state index is 12.5. The predicted octanol–water partition coefficient (Wildman–Crippen LogP) is 2.47. The van der Waals surface area contributed by atoms with Gasteiger partial charge in [0.15, 0.2) is 5.78 Å². The normalized spacial score (nSPS) is 15.8. The predicted molar refractivity (Wildman–Crippen MR) is 94.6 cm³/mol. The Kier molecular flexibility index (Phi) is 7.21. The van der Waals surface area contributed by atoms with Crippen molar-refractivity contribution < 1.29 is 14.3 Å². The van der Waals surface area contributed by atoms with Crippen LogP contribution in [0.1, 0.15) is 30.1 Å². The Morgan fingerprint density at radius 1 is 1.21 bits per heavy atom. The lowest BCUT2D eigenvalue weighted by Gasteiger charge is -2.22. The van der Waals surface area contributed by atoms with Crippen LogP contribution < -0.4 is 5.32 Å². The Balaban J connectivity index is 1.86. The molecule has 132 valence electrons. The summed E-state index contributed by atoms with van der Waals surface area (Å²) < 4.78 is 5.09. The number of ether oxygens (including phenoxy) is 1. The number of amides is 2. The van der Waals surface area contributed by atoms with Gasteiger partial charge in [-0.25, -0.2) is 4.79 Å². The topological polar surface area (TPSA) is 61.9 Å². The van der Waals surface area contributed by atoms with E-state index in [1.54, 1.807) is 31.4 Å². The minimum Gasteiger partial charge on any atom is -0.385 e. The number of rotatable bonds is 6. The van der Waals surface area contributed by atoms with Gasteiger partial charge in [0.05, 0.1) is 0 Å². The highest BCUT2D eigenvalue weighted by atomic mass is 16.5. The second kappa shape index (κ2) is 9.39. The molecule has 0 atom stereocenters. The molecule has 1 fully saturated rings. The summed E-state index contributed by atoms with van der Waals surface area (Å²) in [5.74, 6) is -0.00688. The summed E-state index contributed by atoms with van der Waals surface area (Å²) in [5, 5.41) is 2.90. The number of methoxy groups -OCH3 is 1. The van der Waals surface area contributed by atoms with Crippen LogP contribution in [0.5, 0.6) is 0 Å². The molecule has 2 rings (SSSR count). The maximum atomic E-state index is 12.5. The van der Waals surface area contributed by atoms with Crippen molar-refractivity contribution in [2.45, 2.75) is 19.8 Å². The van der Waals surface area contributed by atoms with Gasteiger partial charge >= 0.3 is 6.03 Å². The molecule has 24 heavy (non-hydrogen) atoms. The van der Waals surface area contributed by atoms with Gasteiger partial charge in [0.1, 0.15) is 0 Å². The smallest absolute Gasteiger partial charge is 0.321 e. The molecule has 1 aromatic carbocycles. The third-order valence-electron chi connectivity index (χ3n) is 4.22. The first-order valence-electron chi connectivity index (χ1n) is 8.48. The van der Waals surface area contributed by atoms with Gasteiger partial charge < -0.3 is 19.9 Å². The molecule has 0 bridgehead atoms. The Morgan fingerprint density at radius 3 is 2.79 bits per heavy atom. The molecule has 1 N–H and O–H groups in total. The molecule has 1 aromatic rings. The van der Waals surface area contributed by atoms with Crippen LogP contribution in [0.2, 0.25) is 0 Å². The van der Waals surface area contributed by atoms with Crippen LogP contribution in [0.25, 0.3) is 0 Å². The molecule has 6 heteroatoms. The third kappa shape index (κ3) is 5.62. The van der Waals surface area contributed by atoms with Crippen LogP contribution in [0.3, 0.4) is 0 Å².